The first-order valence-corrected chi connectivity index (χ1v) is 11.2. The maximum atomic E-state index is 12.9. The number of fused-ring (bicyclic) bond motifs is 1. The van der Waals surface area contributed by atoms with E-state index in [-0.39, 0.29) is 43.0 Å². The number of benzene rings is 3. The largest absolute Gasteiger partial charge is 0.394 e. The third-order valence-corrected chi connectivity index (χ3v) is 6.65. The number of aliphatic hydroxyl groups is 1. The normalized spacial score (nSPS) is 22.2. The summed E-state index contributed by atoms with van der Waals surface area (Å²) in [5.74, 6) is -0.234. The molecule has 0 spiro atoms. The zero-order valence-corrected chi connectivity index (χ0v) is 18.2. The van der Waals surface area contributed by atoms with E-state index in [4.69, 9.17) is 0 Å². The summed E-state index contributed by atoms with van der Waals surface area (Å²) < 4.78 is 0. The van der Waals surface area contributed by atoms with E-state index < -0.39 is 0 Å². The fourth-order valence-electron chi connectivity index (χ4n) is 5.00. The highest BCUT2D eigenvalue weighted by atomic mass is 16.3. The second-order valence-electron chi connectivity index (χ2n) is 8.61. The van der Waals surface area contributed by atoms with Crippen molar-refractivity contribution in [1.29, 1.82) is 0 Å². The van der Waals surface area contributed by atoms with Gasteiger partial charge in [0.05, 0.1) is 18.7 Å². The van der Waals surface area contributed by atoms with Crippen molar-refractivity contribution in [2.24, 2.45) is 0 Å². The molecule has 2 saturated heterocycles. The molecule has 5 nitrogen and oxygen atoms in total. The molecule has 2 heterocycles. The van der Waals surface area contributed by atoms with Gasteiger partial charge in [0.1, 0.15) is 6.54 Å². The summed E-state index contributed by atoms with van der Waals surface area (Å²) in [5, 5.41) is 10.0. The van der Waals surface area contributed by atoms with Crippen LogP contribution in [0.3, 0.4) is 0 Å². The van der Waals surface area contributed by atoms with Gasteiger partial charge in [-0.3, -0.25) is 9.59 Å². The molecule has 0 bridgehead atoms. The van der Waals surface area contributed by atoms with Gasteiger partial charge in [-0.15, -0.1) is 0 Å². The van der Waals surface area contributed by atoms with Gasteiger partial charge in [-0.05, 0) is 28.8 Å². The molecule has 2 fully saturated rings. The van der Waals surface area contributed by atoms with Gasteiger partial charge in [0.15, 0.2) is 0 Å². The smallest absolute Gasteiger partial charge is 0.254 e. The van der Waals surface area contributed by atoms with Gasteiger partial charge in [0.2, 0.25) is 5.91 Å². The Labute approximate surface area is 193 Å². The minimum Gasteiger partial charge on any atom is -0.394 e. The highest BCUT2D eigenvalue weighted by Crippen LogP contribution is 2.43. The molecule has 33 heavy (non-hydrogen) atoms. The predicted octanol–water partition coefficient (Wildman–Crippen LogP) is 3.67. The van der Waals surface area contributed by atoms with Crippen LogP contribution in [0.1, 0.15) is 33.0 Å². The van der Waals surface area contributed by atoms with Crippen LogP contribution in [0, 0.1) is 0 Å². The molecule has 2 aliphatic heterocycles. The minimum absolute atomic E-state index is 0.00234. The first kappa shape index (κ1) is 21.2. The van der Waals surface area contributed by atoms with E-state index in [1.165, 1.54) is 0 Å². The second-order valence-corrected chi connectivity index (χ2v) is 8.61. The molecule has 5 rings (SSSR count). The van der Waals surface area contributed by atoms with Crippen molar-refractivity contribution in [3.05, 3.63) is 107 Å². The number of piperazine rings is 1. The van der Waals surface area contributed by atoms with Gasteiger partial charge in [-0.2, -0.15) is 0 Å². The Balaban J connectivity index is 1.34. The van der Waals surface area contributed by atoms with E-state index in [1.807, 2.05) is 36.4 Å². The molecule has 0 radical (unpaired) electrons. The maximum absolute atomic E-state index is 12.9. The first-order chi connectivity index (χ1) is 16.2. The molecule has 3 atom stereocenters. The number of nitrogens with zero attached hydrogens (tertiary/aromatic N) is 2. The first-order valence-electron chi connectivity index (χ1n) is 11.2. The fraction of sp³-hybridized carbons (Fsp3) is 0.214. The Bertz CT molecular complexity index is 1160. The molecule has 0 aliphatic carbocycles. The number of amides is 2. The van der Waals surface area contributed by atoms with Gasteiger partial charge in [0.25, 0.3) is 5.91 Å². The van der Waals surface area contributed by atoms with Crippen LogP contribution in [-0.4, -0.2) is 58.5 Å². The average Bonchev–Trinajstić information content (AvgIpc) is 2.85. The lowest BCUT2D eigenvalue weighted by Crippen LogP contribution is -2.73. The highest BCUT2D eigenvalue weighted by Gasteiger charge is 2.54. The number of hydrogen-bond donors (Lipinski definition) is 1. The van der Waals surface area contributed by atoms with Crippen molar-refractivity contribution >= 4 is 24.0 Å². The van der Waals surface area contributed by atoms with E-state index in [2.05, 4.69) is 48.6 Å². The third-order valence-electron chi connectivity index (χ3n) is 6.65. The van der Waals surface area contributed by atoms with Crippen LogP contribution in [-0.2, 0) is 4.79 Å². The van der Waals surface area contributed by atoms with Crippen LogP contribution in [0.5, 0.6) is 0 Å². The third kappa shape index (κ3) is 4.08. The van der Waals surface area contributed by atoms with Crippen molar-refractivity contribution in [2.45, 2.75) is 18.0 Å². The summed E-state index contributed by atoms with van der Waals surface area (Å²) >= 11 is 0. The monoisotopic (exact) mass is 438 g/mol. The van der Waals surface area contributed by atoms with Gasteiger partial charge < -0.3 is 14.9 Å². The minimum atomic E-state index is -0.248. The predicted molar refractivity (Wildman–Crippen MR) is 128 cm³/mol. The average molecular weight is 439 g/mol. The SMILES string of the molecule is O=C(c1ccccc1)N1CC(=O)N2[C@H](CO)[C@@H](c3ccc(/C=C/c4ccccc4)cc3)[C@@H]2C1. The Kier molecular flexibility index (Phi) is 5.80. The van der Waals surface area contributed by atoms with Crippen molar-refractivity contribution in [3.63, 3.8) is 0 Å². The van der Waals surface area contributed by atoms with Gasteiger partial charge in [-0.1, -0.05) is 84.9 Å². The number of hydrogen-bond acceptors (Lipinski definition) is 3. The van der Waals surface area contributed by atoms with Gasteiger partial charge in [0, 0.05) is 18.0 Å². The van der Waals surface area contributed by atoms with Crippen molar-refractivity contribution in [1.82, 2.24) is 9.80 Å². The molecule has 3 aromatic rings. The van der Waals surface area contributed by atoms with Crippen molar-refractivity contribution in [2.75, 3.05) is 19.7 Å². The Morgan fingerprint density at radius 3 is 2.12 bits per heavy atom. The molecule has 2 aliphatic rings. The number of carbonyl (C=O) groups is 2. The number of carbonyl (C=O) groups excluding carboxylic acids is 2. The van der Waals surface area contributed by atoms with Crippen molar-refractivity contribution in [3.8, 4) is 0 Å². The van der Waals surface area contributed by atoms with E-state index in [0.717, 1.165) is 16.7 Å². The standard InChI is InChI=1S/C28H26N2O3/c31-19-25-27(22-15-13-21(14-16-22)12-11-20-7-3-1-4-8-20)24-17-29(18-26(32)30(24)25)28(33)23-9-5-2-6-10-23/h1-16,24-25,27,31H,17-19H2/b12-11+/t24-,25+,27-/m0/s1. The van der Waals surface area contributed by atoms with Crippen LogP contribution in [0.15, 0.2) is 84.9 Å². The highest BCUT2D eigenvalue weighted by molar-refractivity contribution is 5.97. The summed E-state index contributed by atoms with van der Waals surface area (Å²) in [7, 11) is 0. The zero-order chi connectivity index (χ0) is 22.8. The summed E-state index contributed by atoms with van der Waals surface area (Å²) in [4.78, 5) is 29.2. The summed E-state index contributed by atoms with van der Waals surface area (Å²) in [5.41, 5.74) is 3.89. The maximum Gasteiger partial charge on any atom is 0.254 e. The van der Waals surface area contributed by atoms with E-state index >= 15 is 0 Å². The topological polar surface area (TPSA) is 60.9 Å². The summed E-state index contributed by atoms with van der Waals surface area (Å²) in [6.07, 6.45) is 4.14. The molecule has 0 unspecified atom stereocenters. The summed E-state index contributed by atoms with van der Waals surface area (Å²) in [6.45, 7) is 0.433. The molecule has 2 amide bonds. The lowest BCUT2D eigenvalue weighted by Gasteiger charge is -2.58. The lowest BCUT2D eigenvalue weighted by molar-refractivity contribution is -0.159. The molecule has 1 N–H and O–H groups in total. The Morgan fingerprint density at radius 1 is 0.879 bits per heavy atom. The summed E-state index contributed by atoms with van der Waals surface area (Å²) in [6, 6.07) is 27.1. The fourth-order valence-corrected chi connectivity index (χ4v) is 5.00. The quantitative estimate of drug-likeness (QED) is 0.619. The zero-order valence-electron chi connectivity index (χ0n) is 18.2. The molecule has 5 heteroatoms. The Morgan fingerprint density at radius 2 is 1.48 bits per heavy atom. The van der Waals surface area contributed by atoms with Crippen LogP contribution in [0.25, 0.3) is 12.2 Å². The van der Waals surface area contributed by atoms with E-state index in [0.29, 0.717) is 12.1 Å². The molecular formula is C28H26N2O3. The Hall–Kier alpha value is -3.70. The van der Waals surface area contributed by atoms with Crippen LogP contribution >= 0.6 is 0 Å². The molecule has 0 saturated carbocycles. The van der Waals surface area contributed by atoms with E-state index in [1.54, 1.807) is 21.9 Å². The van der Waals surface area contributed by atoms with E-state index in [9.17, 15) is 14.7 Å². The number of aliphatic hydroxyl groups excluding tert-OH is 1. The molecule has 166 valence electrons. The number of rotatable bonds is 5. The van der Waals surface area contributed by atoms with Crippen LogP contribution in [0.4, 0.5) is 0 Å². The van der Waals surface area contributed by atoms with Crippen LogP contribution in [0.2, 0.25) is 0 Å². The second kappa shape index (κ2) is 9.04. The lowest BCUT2D eigenvalue weighted by atomic mass is 9.73. The van der Waals surface area contributed by atoms with Gasteiger partial charge in [-0.25, -0.2) is 0 Å². The molecular weight excluding hydrogens is 412 g/mol. The van der Waals surface area contributed by atoms with Gasteiger partial charge >= 0.3 is 0 Å². The molecule has 0 aromatic heterocycles. The van der Waals surface area contributed by atoms with Crippen molar-refractivity contribution < 1.29 is 14.7 Å². The molecule has 3 aromatic carbocycles. The van der Waals surface area contributed by atoms with Crippen LogP contribution < -0.4 is 0 Å².